The van der Waals surface area contributed by atoms with Crippen LogP contribution in [0.25, 0.3) is 0 Å². The van der Waals surface area contributed by atoms with Gasteiger partial charge < -0.3 is 10.5 Å². The first-order chi connectivity index (χ1) is 9.92. The van der Waals surface area contributed by atoms with Gasteiger partial charge in [-0.3, -0.25) is 4.98 Å². The van der Waals surface area contributed by atoms with Crippen LogP contribution < -0.4 is 10.5 Å². The van der Waals surface area contributed by atoms with Crippen molar-refractivity contribution in [2.45, 2.75) is 47.1 Å². The Morgan fingerprint density at radius 2 is 1.86 bits per heavy atom. The summed E-state index contributed by atoms with van der Waals surface area (Å²) in [5, 5.41) is 0. The predicted octanol–water partition coefficient (Wildman–Crippen LogP) is 4.38. The van der Waals surface area contributed by atoms with Crippen LogP contribution in [0.1, 0.15) is 47.8 Å². The summed E-state index contributed by atoms with van der Waals surface area (Å²) in [7, 11) is 0. The van der Waals surface area contributed by atoms with E-state index in [4.69, 9.17) is 10.5 Å². The molecule has 1 heterocycles. The highest BCUT2D eigenvalue weighted by Gasteiger charge is 2.11. The minimum absolute atomic E-state index is 0.428. The smallest absolute Gasteiger partial charge is 0.135 e. The lowest BCUT2D eigenvalue weighted by molar-refractivity contribution is 0.473. The van der Waals surface area contributed by atoms with Crippen LogP contribution in [0.15, 0.2) is 24.3 Å². The molecule has 0 atom stereocenters. The van der Waals surface area contributed by atoms with Gasteiger partial charge >= 0.3 is 0 Å². The number of aryl methyl sites for hydroxylation is 3. The van der Waals surface area contributed by atoms with Crippen molar-refractivity contribution in [2.24, 2.45) is 5.73 Å². The second-order valence-corrected chi connectivity index (χ2v) is 5.81. The van der Waals surface area contributed by atoms with Gasteiger partial charge in [0.1, 0.15) is 11.5 Å². The quantitative estimate of drug-likeness (QED) is 0.906. The Kier molecular flexibility index (Phi) is 4.63. The zero-order valence-corrected chi connectivity index (χ0v) is 13.5. The molecule has 3 nitrogen and oxygen atoms in total. The van der Waals surface area contributed by atoms with Crippen molar-refractivity contribution >= 4 is 0 Å². The number of nitrogens with zero attached hydrogens (tertiary/aromatic N) is 1. The normalized spacial score (nSPS) is 11.0. The first-order valence-electron chi connectivity index (χ1n) is 7.38. The van der Waals surface area contributed by atoms with Gasteiger partial charge in [-0.2, -0.15) is 0 Å². The third-order valence-corrected chi connectivity index (χ3v) is 3.71. The summed E-state index contributed by atoms with van der Waals surface area (Å²) in [6, 6.07) is 8.19. The molecule has 0 fully saturated rings. The maximum absolute atomic E-state index is 6.06. The van der Waals surface area contributed by atoms with Gasteiger partial charge in [0.15, 0.2) is 0 Å². The number of rotatable bonds is 4. The van der Waals surface area contributed by atoms with Crippen LogP contribution in [-0.4, -0.2) is 4.98 Å². The van der Waals surface area contributed by atoms with Gasteiger partial charge in [0.05, 0.1) is 0 Å². The number of pyridine rings is 1. The molecular formula is C18H24N2O. The Hall–Kier alpha value is -1.87. The SMILES string of the molecule is Cc1cc(Oc2ccc(C(C)C)c(C)c2)c(CN)c(C)n1. The van der Waals surface area contributed by atoms with Gasteiger partial charge in [-0.15, -0.1) is 0 Å². The van der Waals surface area contributed by atoms with Crippen LogP contribution in [0.3, 0.4) is 0 Å². The predicted molar refractivity (Wildman–Crippen MR) is 86.9 cm³/mol. The van der Waals surface area contributed by atoms with Crippen molar-refractivity contribution in [1.29, 1.82) is 0 Å². The summed E-state index contributed by atoms with van der Waals surface area (Å²) < 4.78 is 6.06. The summed E-state index contributed by atoms with van der Waals surface area (Å²) in [6.07, 6.45) is 0. The van der Waals surface area contributed by atoms with Crippen molar-refractivity contribution in [1.82, 2.24) is 4.98 Å². The van der Waals surface area contributed by atoms with Crippen LogP contribution in [0.4, 0.5) is 0 Å². The number of ether oxygens (including phenoxy) is 1. The van der Waals surface area contributed by atoms with E-state index in [0.717, 1.165) is 28.5 Å². The summed E-state index contributed by atoms with van der Waals surface area (Å²) in [5.74, 6) is 2.17. The van der Waals surface area contributed by atoms with Crippen LogP contribution in [-0.2, 0) is 6.54 Å². The fourth-order valence-corrected chi connectivity index (χ4v) is 2.65. The zero-order valence-electron chi connectivity index (χ0n) is 13.5. The van der Waals surface area contributed by atoms with Gasteiger partial charge in [0, 0.05) is 29.6 Å². The standard InChI is InChI=1S/C18H24N2O/c1-11(2)16-7-6-15(8-12(16)3)21-18-9-13(4)20-14(5)17(18)10-19/h6-9,11H,10,19H2,1-5H3. The lowest BCUT2D eigenvalue weighted by atomic mass is 9.98. The molecular weight excluding hydrogens is 260 g/mol. The zero-order chi connectivity index (χ0) is 15.6. The second kappa shape index (κ2) is 6.27. The molecule has 112 valence electrons. The minimum Gasteiger partial charge on any atom is -0.457 e. The van der Waals surface area contributed by atoms with Crippen molar-refractivity contribution in [3.63, 3.8) is 0 Å². The highest BCUT2D eigenvalue weighted by atomic mass is 16.5. The van der Waals surface area contributed by atoms with E-state index in [9.17, 15) is 0 Å². The van der Waals surface area contributed by atoms with E-state index in [-0.39, 0.29) is 0 Å². The molecule has 3 heteroatoms. The second-order valence-electron chi connectivity index (χ2n) is 5.81. The van der Waals surface area contributed by atoms with E-state index in [1.54, 1.807) is 0 Å². The van der Waals surface area contributed by atoms with Crippen molar-refractivity contribution < 1.29 is 4.74 Å². The third kappa shape index (κ3) is 3.42. The van der Waals surface area contributed by atoms with E-state index < -0.39 is 0 Å². The lowest BCUT2D eigenvalue weighted by Crippen LogP contribution is -2.05. The van der Waals surface area contributed by atoms with Crippen LogP contribution in [0.2, 0.25) is 0 Å². The molecule has 2 N–H and O–H groups in total. The number of hydrogen-bond donors (Lipinski definition) is 1. The molecule has 2 aromatic rings. The molecule has 0 spiro atoms. The van der Waals surface area contributed by atoms with Gasteiger partial charge in [-0.25, -0.2) is 0 Å². The van der Waals surface area contributed by atoms with Crippen LogP contribution >= 0.6 is 0 Å². The molecule has 0 saturated carbocycles. The Labute approximate surface area is 127 Å². The Morgan fingerprint density at radius 1 is 1.14 bits per heavy atom. The largest absolute Gasteiger partial charge is 0.457 e. The Bertz CT molecular complexity index is 648. The number of nitrogens with two attached hydrogens (primary N) is 1. The van der Waals surface area contributed by atoms with Gasteiger partial charge in [0.2, 0.25) is 0 Å². The third-order valence-electron chi connectivity index (χ3n) is 3.71. The fraction of sp³-hybridized carbons (Fsp3) is 0.389. The molecule has 0 bridgehead atoms. The molecule has 0 radical (unpaired) electrons. The maximum atomic E-state index is 6.06. The van der Waals surface area contributed by atoms with Crippen LogP contribution in [0, 0.1) is 20.8 Å². The Balaban J connectivity index is 2.36. The summed E-state index contributed by atoms with van der Waals surface area (Å²) >= 11 is 0. The highest BCUT2D eigenvalue weighted by Crippen LogP contribution is 2.30. The van der Waals surface area contributed by atoms with E-state index >= 15 is 0 Å². The summed E-state index contributed by atoms with van der Waals surface area (Å²) in [5.41, 5.74) is 11.3. The first-order valence-corrected chi connectivity index (χ1v) is 7.38. The number of aromatic nitrogens is 1. The van der Waals surface area contributed by atoms with E-state index in [2.05, 4.69) is 37.9 Å². The fourth-order valence-electron chi connectivity index (χ4n) is 2.65. The maximum Gasteiger partial charge on any atom is 0.135 e. The van der Waals surface area contributed by atoms with Crippen molar-refractivity contribution in [3.05, 3.63) is 52.3 Å². The molecule has 2 rings (SSSR count). The molecule has 0 aliphatic carbocycles. The number of hydrogen-bond acceptors (Lipinski definition) is 3. The van der Waals surface area contributed by atoms with E-state index in [0.29, 0.717) is 12.5 Å². The summed E-state index contributed by atoms with van der Waals surface area (Å²) in [6.45, 7) is 10.9. The van der Waals surface area contributed by atoms with Crippen molar-refractivity contribution in [2.75, 3.05) is 0 Å². The first kappa shape index (κ1) is 15.5. The molecule has 1 aromatic heterocycles. The lowest BCUT2D eigenvalue weighted by Gasteiger charge is -2.15. The average molecular weight is 284 g/mol. The highest BCUT2D eigenvalue weighted by molar-refractivity contribution is 5.43. The Morgan fingerprint density at radius 3 is 2.43 bits per heavy atom. The minimum atomic E-state index is 0.428. The molecule has 0 unspecified atom stereocenters. The van der Waals surface area contributed by atoms with Gasteiger partial charge in [0.25, 0.3) is 0 Å². The molecule has 21 heavy (non-hydrogen) atoms. The molecule has 0 saturated heterocycles. The monoisotopic (exact) mass is 284 g/mol. The average Bonchev–Trinajstić information content (AvgIpc) is 2.37. The van der Waals surface area contributed by atoms with Gasteiger partial charge in [-0.1, -0.05) is 19.9 Å². The number of benzene rings is 1. The van der Waals surface area contributed by atoms with Crippen molar-refractivity contribution in [3.8, 4) is 11.5 Å². The molecule has 1 aromatic carbocycles. The van der Waals surface area contributed by atoms with E-state index in [1.807, 2.05) is 26.0 Å². The topological polar surface area (TPSA) is 48.1 Å². The molecule has 0 aliphatic heterocycles. The van der Waals surface area contributed by atoms with Crippen LogP contribution in [0.5, 0.6) is 11.5 Å². The van der Waals surface area contributed by atoms with Gasteiger partial charge in [-0.05, 0) is 49.9 Å². The summed E-state index contributed by atoms with van der Waals surface area (Å²) in [4.78, 5) is 4.44. The molecule has 0 aliphatic rings. The molecule has 0 amide bonds. The van der Waals surface area contributed by atoms with E-state index in [1.165, 1.54) is 11.1 Å².